The van der Waals surface area contributed by atoms with E-state index in [1.807, 2.05) is 18.2 Å². The van der Waals surface area contributed by atoms with Crippen LogP contribution in [0.15, 0.2) is 23.2 Å². The minimum atomic E-state index is 0. The normalized spacial score (nSPS) is 12.1. The number of guanidine groups is 1. The van der Waals surface area contributed by atoms with Crippen molar-refractivity contribution in [2.45, 2.75) is 53.0 Å². The van der Waals surface area contributed by atoms with Crippen LogP contribution in [0.2, 0.25) is 0 Å². The van der Waals surface area contributed by atoms with Crippen molar-refractivity contribution < 1.29 is 14.6 Å². The minimum Gasteiger partial charge on any atom is -0.493 e. The number of hydrogen-bond donors (Lipinski definition) is 3. The highest BCUT2D eigenvalue weighted by atomic mass is 127. The van der Waals surface area contributed by atoms with Crippen LogP contribution >= 0.6 is 24.0 Å². The lowest BCUT2D eigenvalue weighted by atomic mass is 10.0. The maximum absolute atomic E-state index is 9.21. The summed E-state index contributed by atoms with van der Waals surface area (Å²) < 4.78 is 11.1. The van der Waals surface area contributed by atoms with Crippen LogP contribution in [0.5, 0.6) is 11.5 Å². The molecule has 1 aromatic rings. The summed E-state index contributed by atoms with van der Waals surface area (Å²) in [6.45, 7) is 9.38. The van der Waals surface area contributed by atoms with Crippen molar-refractivity contribution in [2.75, 3.05) is 33.4 Å². The Bertz CT molecular complexity index is 550. The van der Waals surface area contributed by atoms with Gasteiger partial charge in [0.15, 0.2) is 17.5 Å². The van der Waals surface area contributed by atoms with Crippen molar-refractivity contribution in [3.8, 4) is 11.5 Å². The van der Waals surface area contributed by atoms with Crippen molar-refractivity contribution in [3.63, 3.8) is 0 Å². The second kappa shape index (κ2) is 16.7. The standard InChI is InChI=1S/C21H37N3O3.HI/c1-5-8-17(11-12-25)15-23-21(22-7-3)24-16-18-9-10-19(27-13-6-2)20(14-18)26-4;/h9-10,14,17,25H,5-8,11-13,15-16H2,1-4H3,(H2,22,23,24);1H. The summed E-state index contributed by atoms with van der Waals surface area (Å²) in [5.41, 5.74) is 1.06. The number of nitrogens with zero attached hydrogens (tertiary/aromatic N) is 1. The third-order valence-corrected chi connectivity index (χ3v) is 4.25. The number of aliphatic hydroxyl groups is 1. The zero-order valence-corrected chi connectivity index (χ0v) is 20.1. The number of benzene rings is 1. The van der Waals surface area contributed by atoms with Gasteiger partial charge in [0.05, 0.1) is 20.3 Å². The molecule has 0 radical (unpaired) electrons. The lowest BCUT2D eigenvalue weighted by Gasteiger charge is -2.18. The van der Waals surface area contributed by atoms with Gasteiger partial charge in [0, 0.05) is 19.7 Å². The summed E-state index contributed by atoms with van der Waals surface area (Å²) in [7, 11) is 1.65. The zero-order chi connectivity index (χ0) is 19.9. The largest absolute Gasteiger partial charge is 0.493 e. The van der Waals surface area contributed by atoms with Gasteiger partial charge in [-0.05, 0) is 49.8 Å². The molecule has 162 valence electrons. The molecule has 0 spiro atoms. The molecule has 28 heavy (non-hydrogen) atoms. The van der Waals surface area contributed by atoms with E-state index in [-0.39, 0.29) is 30.6 Å². The van der Waals surface area contributed by atoms with Crippen LogP contribution in [0.25, 0.3) is 0 Å². The summed E-state index contributed by atoms with van der Waals surface area (Å²) in [6.07, 6.45) is 3.99. The lowest BCUT2D eigenvalue weighted by molar-refractivity contribution is 0.251. The Kier molecular flexibility index (Phi) is 16.0. The summed E-state index contributed by atoms with van der Waals surface area (Å²) >= 11 is 0. The number of nitrogens with one attached hydrogen (secondary N) is 2. The van der Waals surface area contributed by atoms with E-state index < -0.39 is 0 Å². The molecule has 0 heterocycles. The van der Waals surface area contributed by atoms with Gasteiger partial charge < -0.3 is 25.2 Å². The topological polar surface area (TPSA) is 75.1 Å². The first-order valence-electron chi connectivity index (χ1n) is 10.1. The fourth-order valence-corrected chi connectivity index (χ4v) is 2.83. The molecule has 0 bridgehead atoms. The molecule has 0 aliphatic rings. The predicted octanol–water partition coefficient (Wildman–Crippen LogP) is 3.96. The number of aliphatic hydroxyl groups excluding tert-OH is 1. The maximum atomic E-state index is 9.21. The SMILES string of the molecule is CCCOc1ccc(CN=C(NCC)NCC(CCC)CCO)cc1OC.I. The van der Waals surface area contributed by atoms with E-state index in [2.05, 4.69) is 36.4 Å². The molecule has 0 amide bonds. The number of halogens is 1. The van der Waals surface area contributed by atoms with Crippen LogP contribution in [0.4, 0.5) is 0 Å². The van der Waals surface area contributed by atoms with Gasteiger partial charge in [-0.25, -0.2) is 4.99 Å². The van der Waals surface area contributed by atoms with Crippen LogP contribution in [-0.4, -0.2) is 44.5 Å². The third kappa shape index (κ3) is 10.4. The summed E-state index contributed by atoms with van der Waals surface area (Å²) in [6, 6.07) is 5.94. The van der Waals surface area contributed by atoms with Crippen LogP contribution in [0.3, 0.4) is 0 Å². The van der Waals surface area contributed by atoms with E-state index in [9.17, 15) is 5.11 Å². The molecule has 1 rings (SSSR count). The molecule has 1 atom stereocenters. The van der Waals surface area contributed by atoms with E-state index in [1.54, 1.807) is 7.11 Å². The monoisotopic (exact) mass is 507 g/mol. The summed E-state index contributed by atoms with van der Waals surface area (Å²) in [4.78, 5) is 4.68. The zero-order valence-electron chi connectivity index (χ0n) is 17.8. The van der Waals surface area contributed by atoms with Crippen molar-refractivity contribution in [1.82, 2.24) is 10.6 Å². The Morgan fingerprint density at radius 2 is 1.89 bits per heavy atom. The highest BCUT2D eigenvalue weighted by molar-refractivity contribution is 14.0. The third-order valence-electron chi connectivity index (χ3n) is 4.25. The van der Waals surface area contributed by atoms with Gasteiger partial charge in [-0.15, -0.1) is 24.0 Å². The molecule has 1 unspecified atom stereocenters. The van der Waals surface area contributed by atoms with Crippen molar-refractivity contribution in [3.05, 3.63) is 23.8 Å². The Hall–Kier alpha value is -1.22. The second-order valence-electron chi connectivity index (χ2n) is 6.58. The quantitative estimate of drug-likeness (QED) is 0.214. The number of ether oxygens (including phenoxy) is 2. The Morgan fingerprint density at radius 3 is 2.50 bits per heavy atom. The van der Waals surface area contributed by atoms with E-state index in [0.717, 1.165) is 61.8 Å². The molecule has 0 aliphatic heterocycles. The first-order chi connectivity index (χ1) is 13.2. The van der Waals surface area contributed by atoms with Crippen molar-refractivity contribution in [2.24, 2.45) is 10.9 Å². The predicted molar refractivity (Wildman–Crippen MR) is 127 cm³/mol. The first kappa shape index (κ1) is 26.8. The van der Waals surface area contributed by atoms with Crippen molar-refractivity contribution in [1.29, 1.82) is 0 Å². The van der Waals surface area contributed by atoms with Gasteiger partial charge in [0.2, 0.25) is 0 Å². The fraction of sp³-hybridized carbons (Fsp3) is 0.667. The van der Waals surface area contributed by atoms with E-state index >= 15 is 0 Å². The fourth-order valence-electron chi connectivity index (χ4n) is 2.83. The van der Waals surface area contributed by atoms with Gasteiger partial charge in [-0.2, -0.15) is 0 Å². The van der Waals surface area contributed by atoms with Gasteiger partial charge in [-0.1, -0.05) is 26.3 Å². The molecule has 0 aromatic heterocycles. The summed E-state index contributed by atoms with van der Waals surface area (Å²) in [5, 5.41) is 15.9. The van der Waals surface area contributed by atoms with Crippen molar-refractivity contribution >= 4 is 29.9 Å². The minimum absolute atomic E-state index is 0. The smallest absolute Gasteiger partial charge is 0.191 e. The molecular weight excluding hydrogens is 469 g/mol. The van der Waals surface area contributed by atoms with E-state index in [0.29, 0.717) is 19.1 Å². The average Bonchev–Trinajstić information content (AvgIpc) is 2.68. The van der Waals surface area contributed by atoms with Gasteiger partial charge in [0.1, 0.15) is 0 Å². The van der Waals surface area contributed by atoms with Crippen LogP contribution in [0, 0.1) is 5.92 Å². The van der Waals surface area contributed by atoms with Crippen LogP contribution in [0.1, 0.15) is 52.0 Å². The number of hydrogen-bond acceptors (Lipinski definition) is 4. The lowest BCUT2D eigenvalue weighted by Crippen LogP contribution is -2.40. The highest BCUT2D eigenvalue weighted by Crippen LogP contribution is 2.28. The average molecular weight is 507 g/mol. The molecule has 0 saturated heterocycles. The molecule has 3 N–H and O–H groups in total. The van der Waals surface area contributed by atoms with Crippen LogP contribution in [-0.2, 0) is 6.54 Å². The van der Waals surface area contributed by atoms with Gasteiger partial charge in [0.25, 0.3) is 0 Å². The molecule has 7 heteroatoms. The van der Waals surface area contributed by atoms with E-state index in [4.69, 9.17) is 9.47 Å². The number of aliphatic imine (C=N–C) groups is 1. The second-order valence-corrected chi connectivity index (χ2v) is 6.58. The molecule has 1 aromatic carbocycles. The Morgan fingerprint density at radius 1 is 1.11 bits per heavy atom. The molecule has 0 saturated carbocycles. The highest BCUT2D eigenvalue weighted by Gasteiger charge is 2.09. The maximum Gasteiger partial charge on any atom is 0.191 e. The molecule has 6 nitrogen and oxygen atoms in total. The van der Waals surface area contributed by atoms with Gasteiger partial charge in [-0.3, -0.25) is 0 Å². The summed E-state index contributed by atoms with van der Waals surface area (Å²) in [5.74, 6) is 2.75. The van der Waals surface area contributed by atoms with Gasteiger partial charge >= 0.3 is 0 Å². The Balaban J connectivity index is 0.00000729. The van der Waals surface area contributed by atoms with Crippen LogP contribution < -0.4 is 20.1 Å². The molecule has 0 fully saturated rings. The molecule has 0 aliphatic carbocycles. The number of methoxy groups -OCH3 is 1. The molecular formula is C21H38IN3O3. The van der Waals surface area contributed by atoms with E-state index in [1.165, 1.54) is 0 Å². The Labute approximate surface area is 187 Å². The first-order valence-corrected chi connectivity index (χ1v) is 10.1. The number of rotatable bonds is 13.